The number of halogens is 1. The van der Waals surface area contributed by atoms with E-state index in [-0.39, 0.29) is 11.4 Å². The maximum Gasteiger partial charge on any atom is 0.238 e. The van der Waals surface area contributed by atoms with Crippen LogP contribution in [0.2, 0.25) is 0 Å². The Balaban J connectivity index is 1.60. The molecule has 5 rings (SSSR count). The van der Waals surface area contributed by atoms with Gasteiger partial charge in [-0.05, 0) is 62.4 Å². The summed E-state index contributed by atoms with van der Waals surface area (Å²) in [5, 5.41) is 9.92. The minimum absolute atomic E-state index is 0.197. The van der Waals surface area contributed by atoms with E-state index in [1.807, 2.05) is 26.0 Å². The Labute approximate surface area is 198 Å². The number of nitrogens with zero attached hydrogens (tertiary/aromatic N) is 3. The molecule has 0 spiro atoms. The second kappa shape index (κ2) is 8.49. The van der Waals surface area contributed by atoms with Crippen LogP contribution < -0.4 is 0 Å². The van der Waals surface area contributed by atoms with Crippen molar-refractivity contribution in [1.29, 1.82) is 5.26 Å². The van der Waals surface area contributed by atoms with Crippen LogP contribution in [0.4, 0.5) is 5.88 Å². The first-order valence-corrected chi connectivity index (χ1v) is 11.0. The fourth-order valence-electron chi connectivity index (χ4n) is 3.91. The Hall–Kier alpha value is -4.02. The van der Waals surface area contributed by atoms with Gasteiger partial charge in [-0.15, -0.1) is 0 Å². The number of furan rings is 3. The average Bonchev–Trinajstić information content (AvgIpc) is 3.59. The molecule has 0 bridgehead atoms. The van der Waals surface area contributed by atoms with Gasteiger partial charge in [-0.1, -0.05) is 22.0 Å². The molecule has 162 valence electrons. The van der Waals surface area contributed by atoms with Gasteiger partial charge in [-0.2, -0.15) is 5.26 Å². The van der Waals surface area contributed by atoms with Gasteiger partial charge in [0.15, 0.2) is 11.5 Å². The van der Waals surface area contributed by atoms with Gasteiger partial charge in [0.05, 0.1) is 18.1 Å². The predicted molar refractivity (Wildman–Crippen MR) is 129 cm³/mol. The second-order valence-electron chi connectivity index (χ2n) is 7.45. The molecule has 7 heteroatoms. The van der Waals surface area contributed by atoms with E-state index in [0.29, 0.717) is 22.8 Å². The summed E-state index contributed by atoms with van der Waals surface area (Å²) in [5.41, 5.74) is 4.87. The van der Waals surface area contributed by atoms with Crippen molar-refractivity contribution in [2.24, 2.45) is 4.99 Å². The summed E-state index contributed by atoms with van der Waals surface area (Å²) in [6.07, 6.45) is 4.82. The number of benzene rings is 1. The smallest absolute Gasteiger partial charge is 0.238 e. The van der Waals surface area contributed by atoms with Crippen molar-refractivity contribution in [3.8, 4) is 34.6 Å². The van der Waals surface area contributed by atoms with Crippen molar-refractivity contribution in [2.75, 3.05) is 0 Å². The molecule has 0 saturated heterocycles. The highest BCUT2D eigenvalue weighted by molar-refractivity contribution is 9.10. The minimum atomic E-state index is 0.197. The van der Waals surface area contributed by atoms with Crippen LogP contribution in [0.15, 0.2) is 89.8 Å². The fourth-order valence-corrected chi connectivity index (χ4v) is 4.30. The van der Waals surface area contributed by atoms with E-state index >= 15 is 0 Å². The molecular weight excluding hydrogens is 482 g/mol. The molecule has 0 unspecified atom stereocenters. The normalized spacial score (nSPS) is 11.3. The third-order valence-electron chi connectivity index (χ3n) is 5.37. The topological polar surface area (TPSA) is 80.5 Å². The lowest BCUT2D eigenvalue weighted by Gasteiger charge is -2.09. The number of aliphatic imine (C=N–C) groups is 1. The van der Waals surface area contributed by atoms with Crippen molar-refractivity contribution >= 4 is 28.0 Å². The summed E-state index contributed by atoms with van der Waals surface area (Å²) in [7, 11) is 0. The number of aryl methyl sites for hydroxylation is 1. The van der Waals surface area contributed by atoms with Gasteiger partial charge in [-0.3, -0.25) is 0 Å². The molecule has 0 aliphatic carbocycles. The van der Waals surface area contributed by atoms with E-state index in [0.717, 1.165) is 27.1 Å². The molecule has 4 aromatic heterocycles. The Bertz CT molecular complexity index is 1500. The van der Waals surface area contributed by atoms with Gasteiger partial charge in [0.2, 0.25) is 5.88 Å². The van der Waals surface area contributed by atoms with Crippen molar-refractivity contribution in [2.45, 2.75) is 13.8 Å². The molecule has 1 aromatic carbocycles. The second-order valence-corrected chi connectivity index (χ2v) is 8.37. The predicted octanol–water partition coefficient (Wildman–Crippen LogP) is 7.59. The van der Waals surface area contributed by atoms with Crippen LogP contribution in [0.25, 0.3) is 28.5 Å². The maximum atomic E-state index is 9.92. The molecular formula is C26H18BrN3O3. The summed E-state index contributed by atoms with van der Waals surface area (Å²) in [6, 6.07) is 19.4. The first-order chi connectivity index (χ1) is 16.1. The first-order valence-electron chi connectivity index (χ1n) is 10.2. The van der Waals surface area contributed by atoms with Crippen LogP contribution in [0, 0.1) is 25.2 Å². The molecule has 6 nitrogen and oxygen atoms in total. The zero-order valence-electron chi connectivity index (χ0n) is 17.9. The van der Waals surface area contributed by atoms with Gasteiger partial charge in [0, 0.05) is 33.3 Å². The molecule has 4 heterocycles. The van der Waals surface area contributed by atoms with Gasteiger partial charge in [0.25, 0.3) is 0 Å². The van der Waals surface area contributed by atoms with Crippen LogP contribution in [0.3, 0.4) is 0 Å². The van der Waals surface area contributed by atoms with E-state index < -0.39 is 0 Å². The molecule has 5 aromatic rings. The molecule has 0 saturated carbocycles. The van der Waals surface area contributed by atoms with Crippen LogP contribution in [0.5, 0.6) is 0 Å². The Kier molecular flexibility index (Phi) is 5.37. The number of nitriles is 1. The number of hydrogen-bond donors (Lipinski definition) is 0. The molecule has 0 amide bonds. The zero-order chi connectivity index (χ0) is 22.9. The third-order valence-corrected chi connectivity index (χ3v) is 5.86. The van der Waals surface area contributed by atoms with Gasteiger partial charge in [-0.25, -0.2) is 4.99 Å². The number of rotatable bonds is 5. The van der Waals surface area contributed by atoms with Crippen molar-refractivity contribution in [3.63, 3.8) is 0 Å². The third kappa shape index (κ3) is 3.75. The average molecular weight is 500 g/mol. The fraction of sp³-hybridized carbons (Fsp3) is 0.0769. The lowest BCUT2D eigenvalue weighted by atomic mass is 10.1. The van der Waals surface area contributed by atoms with Gasteiger partial charge < -0.3 is 17.8 Å². The Morgan fingerprint density at radius 1 is 1.00 bits per heavy atom. The summed E-state index contributed by atoms with van der Waals surface area (Å²) in [6.45, 7) is 4.08. The maximum absolute atomic E-state index is 9.92. The van der Waals surface area contributed by atoms with E-state index in [4.69, 9.17) is 13.3 Å². The summed E-state index contributed by atoms with van der Waals surface area (Å²) >= 11 is 3.54. The van der Waals surface area contributed by atoms with Gasteiger partial charge >= 0.3 is 0 Å². The van der Waals surface area contributed by atoms with Crippen LogP contribution >= 0.6 is 15.9 Å². The summed E-state index contributed by atoms with van der Waals surface area (Å²) < 4.78 is 20.3. The van der Waals surface area contributed by atoms with Crippen LogP contribution in [0.1, 0.15) is 22.5 Å². The van der Waals surface area contributed by atoms with Crippen LogP contribution in [-0.2, 0) is 0 Å². The molecule has 0 N–H and O–H groups in total. The number of aromatic nitrogens is 1. The molecule has 0 radical (unpaired) electrons. The highest BCUT2D eigenvalue weighted by Gasteiger charge is 2.26. The van der Waals surface area contributed by atoms with E-state index in [9.17, 15) is 5.26 Å². The van der Waals surface area contributed by atoms with Crippen molar-refractivity contribution < 1.29 is 13.3 Å². The molecule has 0 atom stereocenters. The van der Waals surface area contributed by atoms with E-state index in [1.165, 1.54) is 0 Å². The quantitative estimate of drug-likeness (QED) is 0.233. The monoisotopic (exact) mass is 499 g/mol. The largest absolute Gasteiger partial charge is 0.464 e. The summed E-state index contributed by atoms with van der Waals surface area (Å²) in [5.74, 6) is 1.60. The number of hydrogen-bond acceptors (Lipinski definition) is 5. The highest BCUT2D eigenvalue weighted by atomic mass is 79.9. The summed E-state index contributed by atoms with van der Waals surface area (Å²) in [4.78, 5) is 4.55. The SMILES string of the molecule is Cc1cc(C=Nc2oc(-c3ccco3)c(-c3ccco3)c2C#N)c(C)n1-c1cccc(Br)c1. The molecule has 0 fully saturated rings. The molecule has 0 aliphatic rings. The first kappa shape index (κ1) is 20.9. The molecule has 0 aliphatic heterocycles. The molecule has 33 heavy (non-hydrogen) atoms. The van der Waals surface area contributed by atoms with Crippen molar-refractivity contribution in [1.82, 2.24) is 4.57 Å². The Morgan fingerprint density at radius 3 is 2.42 bits per heavy atom. The standard InChI is InChI=1S/C26H18BrN3O3/c1-16-12-18(17(2)30(16)20-7-3-6-19(27)13-20)15-29-26-21(14-28)24(22-8-4-10-31-22)25(33-26)23-9-5-11-32-23/h3-13,15H,1-2H3. The Morgan fingerprint density at radius 2 is 1.76 bits per heavy atom. The lowest BCUT2D eigenvalue weighted by Crippen LogP contribution is -1.99. The van der Waals surface area contributed by atoms with Crippen LogP contribution in [-0.4, -0.2) is 10.8 Å². The van der Waals surface area contributed by atoms with E-state index in [2.05, 4.69) is 49.8 Å². The lowest BCUT2D eigenvalue weighted by molar-refractivity contribution is 0.527. The highest BCUT2D eigenvalue weighted by Crippen LogP contribution is 2.42. The van der Waals surface area contributed by atoms with Crippen molar-refractivity contribution in [3.05, 3.63) is 94.1 Å². The zero-order valence-corrected chi connectivity index (χ0v) is 19.5. The minimum Gasteiger partial charge on any atom is -0.464 e. The van der Waals surface area contributed by atoms with E-state index in [1.54, 1.807) is 43.0 Å². The van der Waals surface area contributed by atoms with Gasteiger partial charge in [0.1, 0.15) is 17.4 Å².